The molecule has 2 aromatic heterocycles. The molecule has 2 aromatic rings. The molecule has 0 aliphatic carbocycles. The van der Waals surface area contributed by atoms with E-state index in [9.17, 15) is 0 Å². The van der Waals surface area contributed by atoms with Gasteiger partial charge in [-0.15, -0.1) is 11.3 Å². The summed E-state index contributed by atoms with van der Waals surface area (Å²) in [7, 11) is 0. The second kappa shape index (κ2) is 5.97. The van der Waals surface area contributed by atoms with Crippen LogP contribution >= 0.6 is 11.3 Å². The third kappa shape index (κ3) is 3.08. The summed E-state index contributed by atoms with van der Waals surface area (Å²) in [6.07, 6.45) is 2.35. The Morgan fingerprint density at radius 3 is 2.94 bits per heavy atom. The van der Waals surface area contributed by atoms with Crippen LogP contribution < -0.4 is 16.6 Å². The summed E-state index contributed by atoms with van der Waals surface area (Å²) in [5, 5.41) is 6.44. The predicted molar refractivity (Wildman–Crippen MR) is 77.8 cm³/mol. The first-order valence-corrected chi connectivity index (χ1v) is 7.04. The molecule has 0 spiro atoms. The molecule has 98 valence electrons. The number of fused-ring (bicyclic) bond motifs is 1. The van der Waals surface area contributed by atoms with Gasteiger partial charge in [0.2, 0.25) is 5.95 Å². The molecular weight excluding hydrogens is 246 g/mol. The Hall–Kier alpha value is -1.40. The zero-order chi connectivity index (χ0) is 13.0. The summed E-state index contributed by atoms with van der Waals surface area (Å²) >= 11 is 1.59. The third-order valence-corrected chi connectivity index (χ3v) is 3.51. The number of aromatic nitrogens is 2. The van der Waals surface area contributed by atoms with Crippen LogP contribution in [0.3, 0.4) is 0 Å². The second-order valence-electron chi connectivity index (χ2n) is 4.64. The number of anilines is 2. The molecular formula is C12H19N5S. The molecule has 0 radical (unpaired) electrons. The average Bonchev–Trinajstić information content (AvgIpc) is 2.82. The van der Waals surface area contributed by atoms with Crippen LogP contribution in [0.1, 0.15) is 26.7 Å². The van der Waals surface area contributed by atoms with Crippen molar-refractivity contribution in [2.75, 3.05) is 17.3 Å². The van der Waals surface area contributed by atoms with Gasteiger partial charge in [-0.2, -0.15) is 4.98 Å². The number of nitrogen functional groups attached to an aromatic ring is 1. The lowest BCUT2D eigenvalue weighted by atomic mass is 10.1. The summed E-state index contributed by atoms with van der Waals surface area (Å²) < 4.78 is 0. The Labute approximate surface area is 111 Å². The minimum atomic E-state index is 0.455. The first-order chi connectivity index (χ1) is 8.70. The molecule has 5 nitrogen and oxygen atoms in total. The Bertz CT molecular complexity index is 508. The highest BCUT2D eigenvalue weighted by Crippen LogP contribution is 2.26. The molecule has 0 amide bonds. The fourth-order valence-corrected chi connectivity index (χ4v) is 2.54. The SMILES string of the molecule is CC(C)CCCNc1nc(NN)nc2sccc12. The molecule has 2 rings (SSSR count). The minimum Gasteiger partial charge on any atom is -0.369 e. The molecule has 6 heteroatoms. The van der Waals surface area contributed by atoms with Crippen LogP contribution in [0.5, 0.6) is 0 Å². The molecule has 2 heterocycles. The molecule has 0 saturated carbocycles. The van der Waals surface area contributed by atoms with Gasteiger partial charge in [-0.1, -0.05) is 13.8 Å². The van der Waals surface area contributed by atoms with Gasteiger partial charge in [0.05, 0.1) is 5.39 Å². The van der Waals surface area contributed by atoms with Crippen molar-refractivity contribution in [3.8, 4) is 0 Å². The molecule has 0 aliphatic rings. The van der Waals surface area contributed by atoms with Gasteiger partial charge in [0.15, 0.2) is 0 Å². The number of nitrogens with zero attached hydrogens (tertiary/aromatic N) is 2. The van der Waals surface area contributed by atoms with E-state index in [4.69, 9.17) is 5.84 Å². The quantitative estimate of drug-likeness (QED) is 0.425. The van der Waals surface area contributed by atoms with Gasteiger partial charge in [0, 0.05) is 6.54 Å². The van der Waals surface area contributed by atoms with Gasteiger partial charge >= 0.3 is 0 Å². The number of thiophene rings is 1. The van der Waals surface area contributed by atoms with Gasteiger partial charge in [-0.05, 0) is 30.2 Å². The van der Waals surface area contributed by atoms with Gasteiger partial charge in [-0.3, -0.25) is 5.43 Å². The van der Waals surface area contributed by atoms with Crippen LogP contribution in [0, 0.1) is 5.92 Å². The lowest BCUT2D eigenvalue weighted by Crippen LogP contribution is -2.12. The lowest BCUT2D eigenvalue weighted by Gasteiger charge is -2.09. The summed E-state index contributed by atoms with van der Waals surface area (Å²) in [5.41, 5.74) is 2.50. The van der Waals surface area contributed by atoms with Crippen molar-refractivity contribution >= 4 is 33.3 Å². The van der Waals surface area contributed by atoms with Crippen LogP contribution in [0.2, 0.25) is 0 Å². The van der Waals surface area contributed by atoms with Gasteiger partial charge in [-0.25, -0.2) is 10.8 Å². The first kappa shape index (κ1) is 13.0. The summed E-state index contributed by atoms with van der Waals surface area (Å²) in [6.45, 7) is 5.39. The Morgan fingerprint density at radius 2 is 2.22 bits per heavy atom. The van der Waals surface area contributed by atoms with E-state index < -0.39 is 0 Å². The Kier molecular flexibility index (Phi) is 4.33. The van der Waals surface area contributed by atoms with E-state index in [2.05, 4.69) is 34.6 Å². The van der Waals surface area contributed by atoms with E-state index in [0.29, 0.717) is 5.95 Å². The fourth-order valence-electron chi connectivity index (χ4n) is 1.77. The number of hydrogen-bond donors (Lipinski definition) is 3. The van der Waals surface area contributed by atoms with E-state index in [1.54, 1.807) is 11.3 Å². The highest BCUT2D eigenvalue weighted by Gasteiger charge is 2.07. The summed E-state index contributed by atoms with van der Waals surface area (Å²) in [6, 6.07) is 2.03. The molecule has 0 bridgehead atoms. The van der Waals surface area contributed by atoms with Crippen molar-refractivity contribution in [2.45, 2.75) is 26.7 Å². The van der Waals surface area contributed by atoms with Crippen molar-refractivity contribution in [3.63, 3.8) is 0 Å². The minimum absolute atomic E-state index is 0.455. The maximum Gasteiger partial charge on any atom is 0.240 e. The number of rotatable bonds is 6. The molecule has 18 heavy (non-hydrogen) atoms. The molecule has 4 N–H and O–H groups in total. The molecule has 0 fully saturated rings. The predicted octanol–water partition coefficient (Wildman–Crippen LogP) is 2.83. The smallest absolute Gasteiger partial charge is 0.240 e. The van der Waals surface area contributed by atoms with Crippen LogP contribution in [0.15, 0.2) is 11.4 Å². The molecule has 0 aliphatic heterocycles. The summed E-state index contributed by atoms with van der Waals surface area (Å²) in [4.78, 5) is 9.61. The summed E-state index contributed by atoms with van der Waals surface area (Å²) in [5.74, 6) is 7.42. The maximum atomic E-state index is 5.37. The van der Waals surface area contributed by atoms with Crippen LogP contribution in [-0.2, 0) is 0 Å². The topological polar surface area (TPSA) is 75.9 Å². The molecule has 0 saturated heterocycles. The number of nitrogens with one attached hydrogen (secondary N) is 2. The zero-order valence-corrected chi connectivity index (χ0v) is 11.5. The van der Waals surface area contributed by atoms with E-state index >= 15 is 0 Å². The van der Waals surface area contributed by atoms with E-state index in [0.717, 1.165) is 34.9 Å². The normalized spacial score (nSPS) is 11.1. The van der Waals surface area contributed by atoms with E-state index in [-0.39, 0.29) is 0 Å². The van der Waals surface area contributed by atoms with Crippen molar-refractivity contribution in [1.82, 2.24) is 9.97 Å². The monoisotopic (exact) mass is 265 g/mol. The van der Waals surface area contributed by atoms with Gasteiger partial charge < -0.3 is 5.32 Å². The largest absolute Gasteiger partial charge is 0.369 e. The van der Waals surface area contributed by atoms with Crippen LogP contribution in [0.4, 0.5) is 11.8 Å². The molecule has 0 atom stereocenters. The van der Waals surface area contributed by atoms with Crippen molar-refractivity contribution in [1.29, 1.82) is 0 Å². The number of hydrazine groups is 1. The van der Waals surface area contributed by atoms with Crippen molar-refractivity contribution < 1.29 is 0 Å². The van der Waals surface area contributed by atoms with E-state index in [1.807, 2.05) is 11.4 Å². The number of nitrogens with two attached hydrogens (primary N) is 1. The zero-order valence-electron chi connectivity index (χ0n) is 10.7. The van der Waals surface area contributed by atoms with Crippen LogP contribution in [-0.4, -0.2) is 16.5 Å². The molecule has 0 aromatic carbocycles. The van der Waals surface area contributed by atoms with Gasteiger partial charge in [0.1, 0.15) is 10.6 Å². The fraction of sp³-hybridized carbons (Fsp3) is 0.500. The van der Waals surface area contributed by atoms with E-state index in [1.165, 1.54) is 6.42 Å². The Morgan fingerprint density at radius 1 is 1.39 bits per heavy atom. The standard InChI is InChI=1S/C12H19N5S/c1-8(2)4-3-6-14-10-9-5-7-18-11(9)16-12(15-10)17-13/h5,7-8H,3-4,6,13H2,1-2H3,(H2,14,15,16,17). The lowest BCUT2D eigenvalue weighted by molar-refractivity contribution is 0.567. The number of hydrogen-bond acceptors (Lipinski definition) is 6. The highest BCUT2D eigenvalue weighted by atomic mass is 32.1. The van der Waals surface area contributed by atoms with Crippen molar-refractivity contribution in [2.24, 2.45) is 11.8 Å². The molecule has 0 unspecified atom stereocenters. The average molecular weight is 265 g/mol. The Balaban J connectivity index is 2.08. The maximum absolute atomic E-state index is 5.37. The van der Waals surface area contributed by atoms with Crippen LogP contribution in [0.25, 0.3) is 10.2 Å². The highest BCUT2D eigenvalue weighted by molar-refractivity contribution is 7.16. The van der Waals surface area contributed by atoms with Crippen molar-refractivity contribution in [3.05, 3.63) is 11.4 Å². The second-order valence-corrected chi connectivity index (χ2v) is 5.54. The third-order valence-electron chi connectivity index (χ3n) is 2.70. The van der Waals surface area contributed by atoms with Gasteiger partial charge in [0.25, 0.3) is 0 Å². The first-order valence-electron chi connectivity index (χ1n) is 6.16.